The zero-order chi connectivity index (χ0) is 24.5. The van der Waals surface area contributed by atoms with Crippen molar-refractivity contribution in [1.29, 1.82) is 0 Å². The van der Waals surface area contributed by atoms with Gasteiger partial charge in [0.2, 0.25) is 5.91 Å². The van der Waals surface area contributed by atoms with Crippen LogP contribution in [0.15, 0.2) is 48.8 Å². The number of aryl methyl sites for hydroxylation is 1. The molecular formula is C26H26F2N4O3. The molecule has 0 radical (unpaired) electrons. The fourth-order valence-electron chi connectivity index (χ4n) is 4.59. The highest BCUT2D eigenvalue weighted by molar-refractivity contribution is 5.95. The maximum Gasteiger partial charge on any atom is 0.274 e. The number of rotatable bonds is 4. The minimum absolute atomic E-state index is 0.167. The number of hydrogen-bond acceptors (Lipinski definition) is 4. The first kappa shape index (κ1) is 23.2. The third kappa shape index (κ3) is 4.81. The topological polar surface area (TPSA) is 76.5 Å². The number of amides is 2. The van der Waals surface area contributed by atoms with Gasteiger partial charge in [0, 0.05) is 24.7 Å². The van der Waals surface area contributed by atoms with Crippen molar-refractivity contribution in [3.05, 3.63) is 82.9 Å². The Morgan fingerprint density at radius 2 is 1.83 bits per heavy atom. The lowest BCUT2D eigenvalue weighted by atomic mass is 9.95. The van der Waals surface area contributed by atoms with Gasteiger partial charge in [-0.1, -0.05) is 18.2 Å². The first-order valence-electron chi connectivity index (χ1n) is 11.7. The summed E-state index contributed by atoms with van der Waals surface area (Å²) >= 11 is 0. The number of aromatic nitrogens is 2. The summed E-state index contributed by atoms with van der Waals surface area (Å²) in [5.41, 5.74) is 2.90. The second-order valence-corrected chi connectivity index (χ2v) is 9.06. The molecule has 9 heteroatoms. The quantitative estimate of drug-likeness (QED) is 0.606. The fraction of sp³-hybridized carbons (Fsp3) is 0.346. The van der Waals surface area contributed by atoms with E-state index in [0.717, 1.165) is 11.3 Å². The van der Waals surface area contributed by atoms with Crippen molar-refractivity contribution in [1.82, 2.24) is 14.5 Å². The first-order valence-corrected chi connectivity index (χ1v) is 11.7. The number of benzene rings is 2. The second-order valence-electron chi connectivity index (χ2n) is 9.06. The van der Waals surface area contributed by atoms with Crippen LogP contribution in [-0.2, 0) is 22.7 Å². The third-order valence-electron chi connectivity index (χ3n) is 6.77. The summed E-state index contributed by atoms with van der Waals surface area (Å²) in [6.07, 6.45) is 2.44. The number of carbonyl (C=O) groups excluding carboxylic acids is 2. The standard InChI is InChI=1S/C26H26F2N4O3/c1-16-2-7-20(12-21(16)28)30-25(33)18-8-10-31(11-9-18)26(34)24-22-14-35-23(13-32(22)15-29-24)17-3-5-19(27)6-4-17/h2-7,12,15,18,23H,8-11,13-14H2,1H3,(H,30,33)/t23-/m0/s1. The lowest BCUT2D eigenvalue weighted by molar-refractivity contribution is -0.121. The lowest BCUT2D eigenvalue weighted by Gasteiger charge is -2.31. The van der Waals surface area contributed by atoms with E-state index < -0.39 is 0 Å². The molecular weight excluding hydrogens is 454 g/mol. The maximum absolute atomic E-state index is 13.8. The van der Waals surface area contributed by atoms with E-state index in [0.29, 0.717) is 49.4 Å². The van der Waals surface area contributed by atoms with E-state index in [4.69, 9.17) is 4.74 Å². The van der Waals surface area contributed by atoms with Crippen LogP contribution in [0, 0.1) is 24.5 Å². The summed E-state index contributed by atoms with van der Waals surface area (Å²) in [5.74, 6) is -1.26. The molecule has 3 aromatic rings. The van der Waals surface area contributed by atoms with Gasteiger partial charge in [0.25, 0.3) is 5.91 Å². The Labute approximate surface area is 201 Å². The smallest absolute Gasteiger partial charge is 0.274 e. The number of nitrogens with one attached hydrogen (secondary N) is 1. The van der Waals surface area contributed by atoms with E-state index in [1.165, 1.54) is 18.2 Å². The van der Waals surface area contributed by atoms with Crippen LogP contribution in [0.1, 0.15) is 46.3 Å². The molecule has 0 bridgehead atoms. The predicted molar refractivity (Wildman–Crippen MR) is 125 cm³/mol. The Hall–Kier alpha value is -3.59. The van der Waals surface area contributed by atoms with Crippen LogP contribution < -0.4 is 5.32 Å². The minimum Gasteiger partial charge on any atom is -0.365 e. The zero-order valence-electron chi connectivity index (χ0n) is 19.3. The van der Waals surface area contributed by atoms with Crippen molar-refractivity contribution < 1.29 is 23.1 Å². The first-order chi connectivity index (χ1) is 16.9. The Balaban J connectivity index is 1.18. The van der Waals surface area contributed by atoms with Gasteiger partial charge in [0.05, 0.1) is 25.2 Å². The summed E-state index contributed by atoms with van der Waals surface area (Å²) in [7, 11) is 0. The van der Waals surface area contributed by atoms with Gasteiger partial charge < -0.3 is 19.5 Å². The molecule has 2 aliphatic heterocycles. The van der Waals surface area contributed by atoms with Crippen molar-refractivity contribution in [2.24, 2.45) is 5.92 Å². The molecule has 0 aliphatic carbocycles. The van der Waals surface area contributed by atoms with E-state index in [-0.39, 0.29) is 42.1 Å². The van der Waals surface area contributed by atoms with Crippen LogP contribution in [0.4, 0.5) is 14.5 Å². The molecule has 1 N–H and O–H groups in total. The van der Waals surface area contributed by atoms with Crippen molar-refractivity contribution in [2.45, 2.75) is 39.0 Å². The Kier molecular flexibility index (Phi) is 6.34. The van der Waals surface area contributed by atoms with E-state index in [1.54, 1.807) is 42.4 Å². The van der Waals surface area contributed by atoms with E-state index in [2.05, 4.69) is 10.3 Å². The molecule has 1 atom stereocenters. The van der Waals surface area contributed by atoms with Crippen molar-refractivity contribution in [3.8, 4) is 0 Å². The number of carbonyl (C=O) groups is 2. The molecule has 1 saturated heterocycles. The number of anilines is 1. The molecule has 0 spiro atoms. The normalized spacial score (nSPS) is 18.3. The molecule has 35 heavy (non-hydrogen) atoms. The third-order valence-corrected chi connectivity index (χ3v) is 6.77. The van der Waals surface area contributed by atoms with Crippen molar-refractivity contribution in [3.63, 3.8) is 0 Å². The van der Waals surface area contributed by atoms with Crippen LogP contribution >= 0.6 is 0 Å². The van der Waals surface area contributed by atoms with Gasteiger partial charge in [-0.3, -0.25) is 9.59 Å². The number of ether oxygens (including phenoxy) is 1. The zero-order valence-corrected chi connectivity index (χ0v) is 19.3. The highest BCUT2D eigenvalue weighted by Gasteiger charge is 2.32. The lowest BCUT2D eigenvalue weighted by Crippen LogP contribution is -2.42. The molecule has 0 unspecified atom stereocenters. The average Bonchev–Trinajstić information content (AvgIpc) is 3.29. The van der Waals surface area contributed by atoms with E-state index >= 15 is 0 Å². The Bertz CT molecular complexity index is 1250. The summed E-state index contributed by atoms with van der Waals surface area (Å²) in [4.78, 5) is 31.9. The number of hydrogen-bond donors (Lipinski definition) is 1. The molecule has 182 valence electrons. The molecule has 0 saturated carbocycles. The predicted octanol–water partition coefficient (Wildman–Crippen LogP) is 4.23. The number of likely N-dealkylation sites (tertiary alicyclic amines) is 1. The molecule has 1 fully saturated rings. The Morgan fingerprint density at radius 3 is 2.54 bits per heavy atom. The molecule has 7 nitrogen and oxygen atoms in total. The number of halogens is 2. The van der Waals surface area contributed by atoms with Crippen LogP contribution in [-0.4, -0.2) is 39.4 Å². The SMILES string of the molecule is Cc1ccc(NC(=O)C2CCN(C(=O)c3ncn4c3CO[C@H](c3ccc(F)cc3)C4)CC2)cc1F. The van der Waals surface area contributed by atoms with Crippen LogP contribution in [0.2, 0.25) is 0 Å². The summed E-state index contributed by atoms with van der Waals surface area (Å²) in [6.45, 7) is 3.26. The molecule has 2 amide bonds. The summed E-state index contributed by atoms with van der Waals surface area (Å²) < 4.78 is 34.8. The van der Waals surface area contributed by atoms with E-state index in [1.807, 2.05) is 4.57 Å². The number of nitrogens with zero attached hydrogens (tertiary/aromatic N) is 3. The van der Waals surface area contributed by atoms with E-state index in [9.17, 15) is 18.4 Å². The van der Waals surface area contributed by atoms with Crippen LogP contribution in [0.25, 0.3) is 0 Å². The fourth-order valence-corrected chi connectivity index (χ4v) is 4.59. The van der Waals surface area contributed by atoms with Crippen molar-refractivity contribution in [2.75, 3.05) is 18.4 Å². The van der Waals surface area contributed by atoms with Crippen molar-refractivity contribution >= 4 is 17.5 Å². The molecule has 3 heterocycles. The number of imidazole rings is 1. The largest absolute Gasteiger partial charge is 0.365 e. The molecule has 2 aliphatic rings. The average molecular weight is 481 g/mol. The van der Waals surface area contributed by atoms with Gasteiger partial charge in [0.15, 0.2) is 5.69 Å². The summed E-state index contributed by atoms with van der Waals surface area (Å²) in [5, 5.41) is 2.78. The molecule has 5 rings (SSSR count). The van der Waals surface area contributed by atoms with Gasteiger partial charge in [-0.05, 0) is 55.2 Å². The highest BCUT2D eigenvalue weighted by atomic mass is 19.1. The van der Waals surface area contributed by atoms with Gasteiger partial charge in [-0.15, -0.1) is 0 Å². The van der Waals surface area contributed by atoms with Gasteiger partial charge in [-0.25, -0.2) is 13.8 Å². The maximum atomic E-state index is 13.8. The monoisotopic (exact) mass is 480 g/mol. The molecule has 2 aromatic carbocycles. The van der Waals surface area contributed by atoms with Crippen LogP contribution in [0.3, 0.4) is 0 Å². The van der Waals surface area contributed by atoms with Gasteiger partial charge in [-0.2, -0.15) is 0 Å². The number of piperidine rings is 1. The molecule has 1 aromatic heterocycles. The van der Waals surface area contributed by atoms with Crippen LogP contribution in [0.5, 0.6) is 0 Å². The minimum atomic E-state index is -0.361. The highest BCUT2D eigenvalue weighted by Crippen LogP contribution is 2.29. The summed E-state index contributed by atoms with van der Waals surface area (Å²) in [6, 6.07) is 10.8. The second kappa shape index (κ2) is 9.58. The Morgan fingerprint density at radius 1 is 1.09 bits per heavy atom. The van der Waals surface area contributed by atoms with Gasteiger partial charge in [0.1, 0.15) is 17.7 Å². The number of fused-ring (bicyclic) bond motifs is 1. The van der Waals surface area contributed by atoms with Gasteiger partial charge >= 0.3 is 0 Å².